The van der Waals surface area contributed by atoms with Crippen LogP contribution in [0.2, 0.25) is 0 Å². The van der Waals surface area contributed by atoms with Crippen LogP contribution in [0.1, 0.15) is 24.5 Å². The van der Waals surface area contributed by atoms with Gasteiger partial charge in [-0.3, -0.25) is 4.79 Å². The summed E-state index contributed by atoms with van der Waals surface area (Å²) in [6, 6.07) is 16.2. The Balaban J connectivity index is 1.79. The van der Waals surface area contributed by atoms with Crippen molar-refractivity contribution in [1.29, 1.82) is 0 Å². The number of aliphatic imine (C=N–C) groups is 1. The molecule has 0 radical (unpaired) electrons. The zero-order valence-electron chi connectivity index (χ0n) is 15.9. The van der Waals surface area contributed by atoms with Crippen LogP contribution in [0.5, 0.6) is 0 Å². The van der Waals surface area contributed by atoms with Crippen LogP contribution >= 0.6 is 0 Å². The van der Waals surface area contributed by atoms with E-state index in [1.807, 2.05) is 44.3 Å². The van der Waals surface area contributed by atoms with E-state index in [1.165, 1.54) is 12.1 Å². The van der Waals surface area contributed by atoms with E-state index in [0.717, 1.165) is 17.7 Å². The summed E-state index contributed by atoms with van der Waals surface area (Å²) in [5, 5.41) is 6.32. The van der Waals surface area contributed by atoms with Gasteiger partial charge in [0.25, 0.3) is 0 Å². The molecule has 0 unspecified atom stereocenters. The molecule has 2 N–H and O–H groups in total. The van der Waals surface area contributed by atoms with E-state index < -0.39 is 0 Å². The minimum atomic E-state index is -0.258. The van der Waals surface area contributed by atoms with Crippen LogP contribution in [0.25, 0.3) is 0 Å². The summed E-state index contributed by atoms with van der Waals surface area (Å²) in [4.78, 5) is 18.5. The minimum absolute atomic E-state index is 0.0701. The van der Waals surface area contributed by atoms with Crippen LogP contribution in [0.4, 0.5) is 4.39 Å². The smallest absolute Gasteiger partial charge is 0.224 e. The van der Waals surface area contributed by atoms with Crippen molar-refractivity contribution < 1.29 is 9.18 Å². The van der Waals surface area contributed by atoms with Gasteiger partial charge in [0.05, 0.1) is 6.54 Å². The standard InChI is InChI=1S/C21H27FN4O/c1-3-23-21(25-15-17-9-11-19(22)12-10-17)24-14-13-20(27)26(2)16-18-7-5-4-6-8-18/h4-12H,3,13-16H2,1-2H3,(H2,23,24,25). The van der Waals surface area contributed by atoms with Gasteiger partial charge in [-0.1, -0.05) is 42.5 Å². The number of halogens is 1. The number of benzene rings is 2. The number of carbonyl (C=O) groups excluding carboxylic acids is 1. The fourth-order valence-electron chi connectivity index (χ4n) is 2.53. The molecule has 0 aliphatic rings. The Morgan fingerprint density at radius 1 is 1.04 bits per heavy atom. The Morgan fingerprint density at radius 3 is 2.41 bits per heavy atom. The highest BCUT2D eigenvalue weighted by Gasteiger charge is 2.09. The maximum Gasteiger partial charge on any atom is 0.224 e. The second-order valence-electron chi connectivity index (χ2n) is 6.23. The van der Waals surface area contributed by atoms with Crippen molar-refractivity contribution in [2.24, 2.45) is 4.99 Å². The van der Waals surface area contributed by atoms with E-state index in [2.05, 4.69) is 15.6 Å². The Kier molecular flexibility index (Phi) is 8.29. The lowest BCUT2D eigenvalue weighted by molar-refractivity contribution is -0.130. The summed E-state index contributed by atoms with van der Waals surface area (Å²) in [6.07, 6.45) is 0.379. The molecule has 0 saturated heterocycles. The lowest BCUT2D eigenvalue weighted by Crippen LogP contribution is -2.39. The fourth-order valence-corrected chi connectivity index (χ4v) is 2.53. The molecule has 2 rings (SSSR count). The molecule has 0 aromatic heterocycles. The number of guanidine groups is 1. The normalized spacial score (nSPS) is 11.1. The molecular formula is C21H27FN4O. The average molecular weight is 370 g/mol. The van der Waals surface area contributed by atoms with E-state index in [4.69, 9.17) is 0 Å². The second kappa shape index (κ2) is 11.0. The third-order valence-corrected chi connectivity index (χ3v) is 4.00. The first kappa shape index (κ1) is 20.4. The molecular weight excluding hydrogens is 343 g/mol. The molecule has 0 atom stereocenters. The zero-order valence-corrected chi connectivity index (χ0v) is 15.9. The summed E-state index contributed by atoms with van der Waals surface area (Å²) in [7, 11) is 1.81. The van der Waals surface area contributed by atoms with Gasteiger partial charge in [-0.15, -0.1) is 0 Å². The molecule has 27 heavy (non-hydrogen) atoms. The van der Waals surface area contributed by atoms with Crippen molar-refractivity contribution in [2.75, 3.05) is 20.1 Å². The number of rotatable bonds is 8. The molecule has 6 heteroatoms. The Labute approximate surface area is 160 Å². The monoisotopic (exact) mass is 370 g/mol. The third kappa shape index (κ3) is 7.48. The van der Waals surface area contributed by atoms with Crippen molar-refractivity contribution in [3.63, 3.8) is 0 Å². The maximum absolute atomic E-state index is 13.0. The number of hydrogen-bond donors (Lipinski definition) is 2. The summed E-state index contributed by atoms with van der Waals surface area (Å²) in [6.45, 7) is 4.23. The van der Waals surface area contributed by atoms with Gasteiger partial charge >= 0.3 is 0 Å². The highest BCUT2D eigenvalue weighted by molar-refractivity contribution is 5.81. The number of nitrogens with zero attached hydrogens (tertiary/aromatic N) is 2. The Hall–Kier alpha value is -2.89. The average Bonchev–Trinajstić information content (AvgIpc) is 2.68. The molecule has 0 aliphatic carbocycles. The molecule has 0 spiro atoms. The SMILES string of the molecule is CCNC(=NCc1ccc(F)cc1)NCCC(=O)N(C)Cc1ccccc1. The molecule has 144 valence electrons. The zero-order chi connectivity index (χ0) is 19.5. The summed E-state index contributed by atoms with van der Waals surface area (Å²) in [5.74, 6) is 0.451. The van der Waals surface area contributed by atoms with Gasteiger partial charge in [-0.2, -0.15) is 0 Å². The molecule has 0 heterocycles. The summed E-state index contributed by atoms with van der Waals surface area (Å²) in [5.41, 5.74) is 2.03. The predicted molar refractivity (Wildman–Crippen MR) is 107 cm³/mol. The highest BCUT2D eigenvalue weighted by Crippen LogP contribution is 2.05. The van der Waals surface area contributed by atoms with Crippen LogP contribution in [0.3, 0.4) is 0 Å². The largest absolute Gasteiger partial charge is 0.357 e. The van der Waals surface area contributed by atoms with E-state index in [0.29, 0.717) is 32.0 Å². The third-order valence-electron chi connectivity index (χ3n) is 4.00. The van der Waals surface area contributed by atoms with E-state index in [-0.39, 0.29) is 11.7 Å². The van der Waals surface area contributed by atoms with Crippen LogP contribution in [-0.4, -0.2) is 36.9 Å². The molecule has 2 aromatic rings. The second-order valence-corrected chi connectivity index (χ2v) is 6.23. The summed E-state index contributed by atoms with van der Waals surface area (Å²) < 4.78 is 13.0. The van der Waals surface area contributed by atoms with Crippen LogP contribution in [0, 0.1) is 5.82 Å². The van der Waals surface area contributed by atoms with E-state index in [9.17, 15) is 9.18 Å². The number of hydrogen-bond acceptors (Lipinski definition) is 2. The first-order chi connectivity index (χ1) is 13.1. The molecule has 0 fully saturated rings. The molecule has 2 aromatic carbocycles. The highest BCUT2D eigenvalue weighted by atomic mass is 19.1. The van der Waals surface area contributed by atoms with Gasteiger partial charge in [0, 0.05) is 33.1 Å². The van der Waals surface area contributed by atoms with Crippen molar-refractivity contribution in [3.05, 3.63) is 71.5 Å². The lowest BCUT2D eigenvalue weighted by Gasteiger charge is -2.18. The quantitative estimate of drug-likeness (QED) is 0.555. The summed E-state index contributed by atoms with van der Waals surface area (Å²) >= 11 is 0. The number of carbonyl (C=O) groups is 1. The molecule has 0 saturated carbocycles. The molecule has 0 bridgehead atoms. The van der Waals surface area contributed by atoms with Crippen LogP contribution < -0.4 is 10.6 Å². The number of nitrogens with one attached hydrogen (secondary N) is 2. The topological polar surface area (TPSA) is 56.7 Å². The van der Waals surface area contributed by atoms with Crippen molar-refractivity contribution in [1.82, 2.24) is 15.5 Å². The first-order valence-corrected chi connectivity index (χ1v) is 9.13. The predicted octanol–water partition coefficient (Wildman–Crippen LogP) is 2.93. The number of amides is 1. The Bertz CT molecular complexity index is 732. The van der Waals surface area contributed by atoms with E-state index >= 15 is 0 Å². The van der Waals surface area contributed by atoms with Crippen LogP contribution in [-0.2, 0) is 17.9 Å². The molecule has 5 nitrogen and oxygen atoms in total. The molecule has 1 amide bonds. The Morgan fingerprint density at radius 2 is 1.74 bits per heavy atom. The van der Waals surface area contributed by atoms with Gasteiger partial charge in [0.15, 0.2) is 5.96 Å². The van der Waals surface area contributed by atoms with E-state index in [1.54, 1.807) is 17.0 Å². The minimum Gasteiger partial charge on any atom is -0.357 e. The van der Waals surface area contributed by atoms with Gasteiger partial charge in [0.1, 0.15) is 5.82 Å². The van der Waals surface area contributed by atoms with Crippen molar-refractivity contribution >= 4 is 11.9 Å². The van der Waals surface area contributed by atoms with Gasteiger partial charge < -0.3 is 15.5 Å². The van der Waals surface area contributed by atoms with Gasteiger partial charge in [0.2, 0.25) is 5.91 Å². The molecule has 0 aliphatic heterocycles. The first-order valence-electron chi connectivity index (χ1n) is 9.13. The maximum atomic E-state index is 13.0. The van der Waals surface area contributed by atoms with Crippen LogP contribution in [0.15, 0.2) is 59.6 Å². The van der Waals surface area contributed by atoms with Crippen molar-refractivity contribution in [3.8, 4) is 0 Å². The lowest BCUT2D eigenvalue weighted by atomic mass is 10.2. The fraction of sp³-hybridized carbons (Fsp3) is 0.333. The van der Waals surface area contributed by atoms with Gasteiger partial charge in [-0.25, -0.2) is 9.38 Å². The van der Waals surface area contributed by atoms with Gasteiger partial charge in [-0.05, 0) is 30.2 Å². The van der Waals surface area contributed by atoms with Crippen molar-refractivity contribution in [2.45, 2.75) is 26.4 Å².